The van der Waals surface area contributed by atoms with Gasteiger partial charge in [0.25, 0.3) is 0 Å². The molecule has 0 radical (unpaired) electrons. The van der Waals surface area contributed by atoms with E-state index < -0.39 is 0 Å². The fourth-order valence-corrected chi connectivity index (χ4v) is 1.09. The Bertz CT molecular complexity index is 170. The fraction of sp³-hybridized carbons (Fsp3) is 0.400. The van der Waals surface area contributed by atoms with Gasteiger partial charge in [0.05, 0.1) is 0 Å². The largest absolute Gasteiger partial charge is 0.0913 e. The third-order valence-electron chi connectivity index (χ3n) is 1.72. The third kappa shape index (κ3) is 2.22. The quantitative estimate of drug-likeness (QED) is 0.509. The van der Waals surface area contributed by atoms with Crippen molar-refractivity contribution < 1.29 is 0 Å². The highest BCUT2D eigenvalue weighted by Gasteiger charge is 1.95. The van der Waals surface area contributed by atoms with Crippen LogP contribution in [0.2, 0.25) is 0 Å². The first kappa shape index (κ1) is 7.33. The lowest BCUT2D eigenvalue weighted by Crippen LogP contribution is -1.84. The molecule has 0 spiro atoms. The first-order valence-electron chi connectivity index (χ1n) is 3.89. The molecule has 0 bridgehead atoms. The molecule has 0 nitrogen and oxygen atoms in total. The summed E-state index contributed by atoms with van der Waals surface area (Å²) in [6.07, 6.45) is 14.5. The van der Waals surface area contributed by atoms with Gasteiger partial charge < -0.3 is 0 Å². The van der Waals surface area contributed by atoms with Crippen LogP contribution < -0.4 is 0 Å². The summed E-state index contributed by atoms with van der Waals surface area (Å²) >= 11 is 0. The molecule has 0 heterocycles. The predicted molar refractivity (Wildman–Crippen MR) is 45.9 cm³/mol. The van der Waals surface area contributed by atoms with E-state index >= 15 is 0 Å². The number of hydrogen-bond acceptors (Lipinski definition) is 0. The van der Waals surface area contributed by atoms with Crippen LogP contribution in [0.5, 0.6) is 0 Å². The zero-order valence-corrected chi connectivity index (χ0v) is 6.51. The molecule has 0 saturated heterocycles. The third-order valence-corrected chi connectivity index (χ3v) is 1.72. The monoisotopic (exact) mass is 134 g/mol. The van der Waals surface area contributed by atoms with Gasteiger partial charge in [0.2, 0.25) is 0 Å². The molecule has 0 aliphatic heterocycles. The van der Waals surface area contributed by atoms with Gasteiger partial charge in [-0.2, -0.15) is 0 Å². The summed E-state index contributed by atoms with van der Waals surface area (Å²) in [6, 6.07) is 0. The maximum Gasteiger partial charge on any atom is -0.0136 e. The van der Waals surface area contributed by atoms with Crippen LogP contribution >= 0.6 is 0 Å². The van der Waals surface area contributed by atoms with Crippen molar-refractivity contribution in [2.45, 2.75) is 26.2 Å². The average molecular weight is 134 g/mol. The lowest BCUT2D eigenvalue weighted by molar-refractivity contribution is 0.924. The van der Waals surface area contributed by atoms with E-state index in [1.54, 1.807) is 5.57 Å². The van der Waals surface area contributed by atoms with E-state index in [0.717, 1.165) is 6.42 Å². The second-order valence-electron chi connectivity index (χ2n) is 2.56. The summed E-state index contributed by atoms with van der Waals surface area (Å²) in [7, 11) is 0. The van der Waals surface area contributed by atoms with Gasteiger partial charge in [0.1, 0.15) is 0 Å². The number of allylic oxidation sites excluding steroid dienone is 6. The van der Waals surface area contributed by atoms with Crippen LogP contribution in [0.1, 0.15) is 26.2 Å². The number of rotatable bonds is 2. The molecule has 0 heteroatoms. The molecule has 0 fully saturated rings. The Kier molecular flexibility index (Phi) is 3.01. The molecule has 0 atom stereocenters. The van der Waals surface area contributed by atoms with Gasteiger partial charge in [-0.05, 0) is 26.2 Å². The first-order valence-corrected chi connectivity index (χ1v) is 3.89. The van der Waals surface area contributed by atoms with E-state index in [1.165, 1.54) is 12.8 Å². The van der Waals surface area contributed by atoms with E-state index in [2.05, 4.69) is 37.3 Å². The van der Waals surface area contributed by atoms with E-state index in [9.17, 15) is 0 Å². The van der Waals surface area contributed by atoms with E-state index in [-0.39, 0.29) is 0 Å². The minimum atomic E-state index is 1.14. The molecule has 0 aromatic heterocycles. The summed E-state index contributed by atoms with van der Waals surface area (Å²) < 4.78 is 0. The summed E-state index contributed by atoms with van der Waals surface area (Å²) in [5.41, 5.74) is 1.56. The second-order valence-corrected chi connectivity index (χ2v) is 2.56. The number of hydrogen-bond donors (Lipinski definition) is 0. The van der Waals surface area contributed by atoms with Crippen LogP contribution in [0.4, 0.5) is 0 Å². The lowest BCUT2D eigenvalue weighted by atomic mass is 10.0. The molecular formula is C10H14. The van der Waals surface area contributed by atoms with Crippen LogP contribution in [0.15, 0.2) is 36.0 Å². The lowest BCUT2D eigenvalue weighted by Gasteiger charge is -2.04. The average Bonchev–Trinajstić information content (AvgIpc) is 2.03. The van der Waals surface area contributed by atoms with E-state index in [4.69, 9.17) is 0 Å². The Labute approximate surface area is 62.9 Å². The van der Waals surface area contributed by atoms with Gasteiger partial charge in [-0.25, -0.2) is 0 Å². The molecule has 0 unspecified atom stereocenters. The standard InChI is InChI=1S/C10H14/c1-2-3-7-10-8-5-4-6-9-10/h2-5,8H,6-7,9H2,1H3/b3-2-. The van der Waals surface area contributed by atoms with Crippen LogP contribution in [-0.4, -0.2) is 0 Å². The maximum absolute atomic E-state index is 2.23. The van der Waals surface area contributed by atoms with Gasteiger partial charge in [-0.3, -0.25) is 0 Å². The van der Waals surface area contributed by atoms with Gasteiger partial charge >= 0.3 is 0 Å². The first-order chi connectivity index (χ1) is 4.93. The van der Waals surface area contributed by atoms with Crippen molar-refractivity contribution in [3.05, 3.63) is 36.0 Å². The molecular weight excluding hydrogens is 120 g/mol. The van der Waals surface area contributed by atoms with Crippen molar-refractivity contribution in [3.8, 4) is 0 Å². The van der Waals surface area contributed by atoms with Gasteiger partial charge in [-0.1, -0.05) is 36.0 Å². The molecule has 0 saturated carbocycles. The molecule has 1 aliphatic rings. The van der Waals surface area contributed by atoms with E-state index in [0.29, 0.717) is 0 Å². The topological polar surface area (TPSA) is 0 Å². The van der Waals surface area contributed by atoms with Gasteiger partial charge in [0.15, 0.2) is 0 Å². The Morgan fingerprint density at radius 2 is 2.50 bits per heavy atom. The van der Waals surface area contributed by atoms with E-state index in [1.807, 2.05) is 0 Å². The highest BCUT2D eigenvalue weighted by Crippen LogP contribution is 2.15. The highest BCUT2D eigenvalue weighted by atomic mass is 14.0. The van der Waals surface area contributed by atoms with Crippen molar-refractivity contribution in [2.24, 2.45) is 0 Å². The zero-order chi connectivity index (χ0) is 7.23. The molecule has 0 aromatic rings. The molecule has 0 amide bonds. The highest BCUT2D eigenvalue weighted by molar-refractivity contribution is 5.19. The maximum atomic E-state index is 2.23. The Hall–Kier alpha value is -0.780. The summed E-state index contributed by atoms with van der Waals surface area (Å²) in [5.74, 6) is 0. The minimum Gasteiger partial charge on any atom is -0.0913 e. The van der Waals surface area contributed by atoms with Crippen LogP contribution in [0, 0.1) is 0 Å². The smallest absolute Gasteiger partial charge is 0.0136 e. The van der Waals surface area contributed by atoms with Crippen molar-refractivity contribution in [1.29, 1.82) is 0 Å². The van der Waals surface area contributed by atoms with Crippen LogP contribution in [-0.2, 0) is 0 Å². The fourth-order valence-electron chi connectivity index (χ4n) is 1.09. The minimum absolute atomic E-state index is 1.14. The van der Waals surface area contributed by atoms with Gasteiger partial charge in [0, 0.05) is 0 Å². The SMILES string of the molecule is C/C=C\CC1=CC=CCC1. The molecule has 0 aromatic carbocycles. The van der Waals surface area contributed by atoms with Crippen LogP contribution in [0.25, 0.3) is 0 Å². The zero-order valence-electron chi connectivity index (χ0n) is 6.51. The normalized spacial score (nSPS) is 17.9. The Balaban J connectivity index is 2.39. The summed E-state index contributed by atoms with van der Waals surface area (Å²) in [4.78, 5) is 0. The Morgan fingerprint density at radius 1 is 1.60 bits per heavy atom. The molecule has 1 rings (SSSR count). The van der Waals surface area contributed by atoms with Crippen molar-refractivity contribution in [3.63, 3.8) is 0 Å². The molecule has 10 heavy (non-hydrogen) atoms. The summed E-state index contributed by atoms with van der Waals surface area (Å²) in [5, 5.41) is 0. The predicted octanol–water partition coefficient (Wildman–Crippen LogP) is 3.23. The molecule has 54 valence electrons. The molecule has 1 aliphatic carbocycles. The van der Waals surface area contributed by atoms with Crippen molar-refractivity contribution >= 4 is 0 Å². The van der Waals surface area contributed by atoms with Crippen molar-refractivity contribution in [1.82, 2.24) is 0 Å². The van der Waals surface area contributed by atoms with Gasteiger partial charge in [-0.15, -0.1) is 0 Å². The molecule has 0 N–H and O–H groups in total. The Morgan fingerprint density at radius 3 is 3.10 bits per heavy atom. The van der Waals surface area contributed by atoms with Crippen molar-refractivity contribution in [2.75, 3.05) is 0 Å². The second kappa shape index (κ2) is 4.10. The summed E-state index contributed by atoms with van der Waals surface area (Å²) in [6.45, 7) is 2.07. The van der Waals surface area contributed by atoms with Crippen LogP contribution in [0.3, 0.4) is 0 Å².